The number of likely N-dealkylation sites (tertiary alicyclic amines) is 2. The van der Waals surface area contributed by atoms with E-state index in [0.717, 1.165) is 29.7 Å². The van der Waals surface area contributed by atoms with Crippen molar-refractivity contribution in [3.63, 3.8) is 0 Å². The highest BCUT2D eigenvalue weighted by Crippen LogP contribution is 2.36. The number of hydrogen-bond donors (Lipinski definition) is 1. The van der Waals surface area contributed by atoms with Gasteiger partial charge >= 0.3 is 0 Å². The fourth-order valence-electron chi connectivity index (χ4n) is 5.86. The summed E-state index contributed by atoms with van der Waals surface area (Å²) in [5.41, 5.74) is 9.25. The Morgan fingerprint density at radius 3 is 2.24 bits per heavy atom. The molecule has 3 unspecified atom stereocenters. The van der Waals surface area contributed by atoms with Crippen LogP contribution < -0.4 is 5.73 Å². The second kappa shape index (κ2) is 10.9. The Bertz CT molecular complexity index is 1220. The minimum Gasteiger partial charge on any atom is -0.456 e. The van der Waals surface area contributed by atoms with Gasteiger partial charge in [0.05, 0.1) is 0 Å². The Labute approximate surface area is 219 Å². The third-order valence-electron chi connectivity index (χ3n) is 7.81. The van der Waals surface area contributed by atoms with Crippen molar-refractivity contribution in [1.29, 1.82) is 0 Å². The minimum atomic E-state index is -0.507. The Balaban J connectivity index is 1.39. The molecule has 2 aliphatic heterocycles. The summed E-state index contributed by atoms with van der Waals surface area (Å²) < 4.78 is 6.06. The maximum atomic E-state index is 13.9. The lowest BCUT2D eigenvalue weighted by molar-refractivity contribution is -0.134. The van der Waals surface area contributed by atoms with Gasteiger partial charge in [0.25, 0.3) is 5.91 Å². The van der Waals surface area contributed by atoms with Gasteiger partial charge in [0.15, 0.2) is 5.76 Å². The molecule has 0 radical (unpaired) electrons. The van der Waals surface area contributed by atoms with Crippen LogP contribution in [0.1, 0.15) is 71.5 Å². The number of furan rings is 1. The SMILES string of the molecule is CC(C)Cc1oc(C(=O)N2CC(c3ccccc3)CC2C(=O)N2CCC(c3ccccc3)C2)cc1CN. The van der Waals surface area contributed by atoms with E-state index in [1.54, 1.807) is 11.0 Å². The molecule has 3 atom stereocenters. The molecule has 2 N–H and O–H groups in total. The molecule has 0 saturated carbocycles. The van der Waals surface area contributed by atoms with Crippen LogP contribution >= 0.6 is 0 Å². The van der Waals surface area contributed by atoms with Crippen molar-refractivity contribution in [3.8, 4) is 0 Å². The number of nitrogens with zero attached hydrogens (tertiary/aromatic N) is 2. The van der Waals surface area contributed by atoms with Gasteiger partial charge in [-0.15, -0.1) is 0 Å². The first-order valence-electron chi connectivity index (χ1n) is 13.5. The summed E-state index contributed by atoms with van der Waals surface area (Å²) in [5.74, 6) is 1.69. The van der Waals surface area contributed by atoms with Gasteiger partial charge in [-0.05, 0) is 36.0 Å². The fourth-order valence-corrected chi connectivity index (χ4v) is 5.86. The molecule has 2 saturated heterocycles. The minimum absolute atomic E-state index is 0.0400. The first kappa shape index (κ1) is 25.3. The number of hydrogen-bond acceptors (Lipinski definition) is 4. The molecule has 0 aliphatic carbocycles. The van der Waals surface area contributed by atoms with E-state index in [1.807, 2.05) is 41.3 Å². The lowest BCUT2D eigenvalue weighted by atomic mass is 9.96. The van der Waals surface area contributed by atoms with Crippen LogP contribution in [0, 0.1) is 5.92 Å². The molecule has 1 aromatic heterocycles. The molecule has 6 heteroatoms. The highest BCUT2D eigenvalue weighted by atomic mass is 16.4. The van der Waals surface area contributed by atoms with Crippen LogP contribution in [0.4, 0.5) is 0 Å². The normalized spacial score (nSPS) is 21.7. The van der Waals surface area contributed by atoms with Gasteiger partial charge in [-0.25, -0.2) is 0 Å². The predicted molar refractivity (Wildman–Crippen MR) is 144 cm³/mol. The lowest BCUT2D eigenvalue weighted by Gasteiger charge is -2.27. The van der Waals surface area contributed by atoms with Crippen LogP contribution in [0.2, 0.25) is 0 Å². The zero-order valence-corrected chi connectivity index (χ0v) is 21.8. The molecule has 2 aliphatic rings. The monoisotopic (exact) mass is 499 g/mol. The second-order valence-electron chi connectivity index (χ2n) is 10.9. The number of amides is 2. The topological polar surface area (TPSA) is 79.8 Å². The summed E-state index contributed by atoms with van der Waals surface area (Å²) in [6.07, 6.45) is 2.28. The van der Waals surface area contributed by atoms with E-state index in [-0.39, 0.29) is 23.5 Å². The van der Waals surface area contributed by atoms with Crippen LogP contribution in [-0.2, 0) is 17.8 Å². The first-order chi connectivity index (χ1) is 17.9. The quantitative estimate of drug-likeness (QED) is 0.499. The number of nitrogens with two attached hydrogens (primary N) is 1. The van der Waals surface area contributed by atoms with E-state index < -0.39 is 6.04 Å². The van der Waals surface area contributed by atoms with Gasteiger partial charge in [-0.3, -0.25) is 9.59 Å². The van der Waals surface area contributed by atoms with Crippen LogP contribution in [0.15, 0.2) is 71.1 Å². The maximum absolute atomic E-state index is 13.9. The number of rotatable bonds is 7. The Morgan fingerprint density at radius 1 is 0.973 bits per heavy atom. The lowest BCUT2D eigenvalue weighted by Crippen LogP contribution is -2.47. The summed E-state index contributed by atoms with van der Waals surface area (Å²) in [7, 11) is 0. The van der Waals surface area contributed by atoms with Gasteiger partial charge < -0.3 is 20.0 Å². The zero-order chi connectivity index (χ0) is 25.9. The van der Waals surface area contributed by atoms with Crippen LogP contribution in [0.5, 0.6) is 0 Å². The standard InChI is InChI=1S/C31H37N3O3/c1-21(2)15-28-25(18-32)17-29(37-28)31(36)34-20-26(23-11-7-4-8-12-23)16-27(34)30(35)33-14-13-24(19-33)22-9-5-3-6-10-22/h3-12,17,21,24,26-27H,13-16,18-20,32H2,1-2H3. The molecule has 37 heavy (non-hydrogen) atoms. The van der Waals surface area contributed by atoms with E-state index in [0.29, 0.717) is 44.4 Å². The van der Waals surface area contributed by atoms with Gasteiger partial charge in [0.1, 0.15) is 11.8 Å². The summed E-state index contributed by atoms with van der Waals surface area (Å²) in [5, 5.41) is 0. The van der Waals surface area contributed by atoms with Gasteiger partial charge in [0, 0.05) is 50.0 Å². The van der Waals surface area contributed by atoms with Crippen molar-refractivity contribution in [2.45, 2.75) is 57.5 Å². The predicted octanol–water partition coefficient (Wildman–Crippen LogP) is 4.95. The molecule has 5 rings (SSSR count). The van der Waals surface area contributed by atoms with E-state index in [2.05, 4.69) is 38.1 Å². The van der Waals surface area contributed by atoms with Gasteiger partial charge in [0.2, 0.25) is 5.91 Å². The molecule has 194 valence electrons. The van der Waals surface area contributed by atoms with Crippen LogP contribution in [-0.4, -0.2) is 47.3 Å². The largest absolute Gasteiger partial charge is 0.456 e. The molecule has 2 aromatic carbocycles. The maximum Gasteiger partial charge on any atom is 0.290 e. The zero-order valence-electron chi connectivity index (χ0n) is 21.8. The fraction of sp³-hybridized carbons (Fsp3) is 0.419. The van der Waals surface area contributed by atoms with Gasteiger partial charge in [-0.2, -0.15) is 0 Å². The molecular formula is C31H37N3O3. The Kier molecular flexibility index (Phi) is 7.47. The third kappa shape index (κ3) is 5.35. The van der Waals surface area contributed by atoms with E-state index in [4.69, 9.17) is 10.2 Å². The smallest absolute Gasteiger partial charge is 0.290 e. The molecule has 3 aromatic rings. The van der Waals surface area contributed by atoms with Crippen molar-refractivity contribution >= 4 is 11.8 Å². The summed E-state index contributed by atoms with van der Waals surface area (Å²) in [4.78, 5) is 31.4. The molecule has 0 spiro atoms. The highest BCUT2D eigenvalue weighted by Gasteiger charge is 2.44. The van der Waals surface area contributed by atoms with Crippen molar-refractivity contribution < 1.29 is 14.0 Å². The number of carbonyl (C=O) groups is 2. The van der Waals surface area contributed by atoms with Crippen molar-refractivity contribution in [3.05, 3.63) is 94.9 Å². The number of benzene rings is 2. The average Bonchev–Trinajstić information content (AvgIpc) is 3.67. The number of carbonyl (C=O) groups excluding carboxylic acids is 2. The Morgan fingerprint density at radius 2 is 1.62 bits per heavy atom. The second-order valence-corrected chi connectivity index (χ2v) is 10.9. The first-order valence-corrected chi connectivity index (χ1v) is 13.5. The average molecular weight is 500 g/mol. The molecule has 3 heterocycles. The summed E-state index contributed by atoms with van der Waals surface area (Å²) in [6, 6.07) is 21.8. The van der Waals surface area contributed by atoms with Crippen LogP contribution in [0.25, 0.3) is 0 Å². The van der Waals surface area contributed by atoms with Crippen molar-refractivity contribution in [1.82, 2.24) is 9.80 Å². The van der Waals surface area contributed by atoms with E-state index >= 15 is 0 Å². The van der Waals surface area contributed by atoms with Crippen molar-refractivity contribution in [2.75, 3.05) is 19.6 Å². The molecular weight excluding hydrogens is 462 g/mol. The Hall–Kier alpha value is -3.38. The summed E-state index contributed by atoms with van der Waals surface area (Å²) in [6.45, 7) is 6.44. The van der Waals surface area contributed by atoms with Crippen LogP contribution in [0.3, 0.4) is 0 Å². The molecule has 2 fully saturated rings. The third-order valence-corrected chi connectivity index (χ3v) is 7.81. The highest BCUT2D eigenvalue weighted by molar-refractivity contribution is 5.96. The molecule has 6 nitrogen and oxygen atoms in total. The van der Waals surface area contributed by atoms with Crippen molar-refractivity contribution in [2.24, 2.45) is 11.7 Å². The van der Waals surface area contributed by atoms with E-state index in [9.17, 15) is 9.59 Å². The molecule has 2 amide bonds. The summed E-state index contributed by atoms with van der Waals surface area (Å²) >= 11 is 0. The van der Waals surface area contributed by atoms with E-state index in [1.165, 1.54) is 5.56 Å². The molecule has 0 bridgehead atoms. The van der Waals surface area contributed by atoms with Gasteiger partial charge in [-0.1, -0.05) is 74.5 Å².